The highest BCUT2D eigenvalue weighted by Crippen LogP contribution is 2.24. The summed E-state index contributed by atoms with van der Waals surface area (Å²) in [4.78, 5) is 36.1. The number of carbonyl (C=O) groups excluding carboxylic acids is 3. The summed E-state index contributed by atoms with van der Waals surface area (Å²) in [5.41, 5.74) is 3.10. The Morgan fingerprint density at radius 2 is 1.70 bits per heavy atom. The monoisotopic (exact) mass is 410 g/mol. The molecule has 0 saturated heterocycles. The highest BCUT2D eigenvalue weighted by atomic mass is 16.5. The second kappa shape index (κ2) is 11.1. The maximum absolute atomic E-state index is 12.3. The zero-order valence-corrected chi connectivity index (χ0v) is 18.1. The molecule has 0 aromatic heterocycles. The molecule has 2 rings (SSSR count). The number of carbonyl (C=O) groups is 3. The Morgan fingerprint density at radius 3 is 2.30 bits per heavy atom. The summed E-state index contributed by atoms with van der Waals surface area (Å²) in [6, 6.07) is 12.8. The molecule has 1 unspecified atom stereocenters. The van der Waals surface area contributed by atoms with Gasteiger partial charge in [0.1, 0.15) is 5.75 Å². The fourth-order valence-electron chi connectivity index (χ4n) is 3.01. The van der Waals surface area contributed by atoms with Crippen LogP contribution in [0, 0.1) is 0 Å². The third-order valence-corrected chi connectivity index (χ3v) is 4.74. The maximum atomic E-state index is 12.3. The van der Waals surface area contributed by atoms with Crippen LogP contribution in [0.25, 0.3) is 0 Å². The first-order valence-electron chi connectivity index (χ1n) is 10.3. The number of ether oxygens (including phenoxy) is 1. The molecule has 0 heterocycles. The minimum absolute atomic E-state index is 0.110. The van der Waals surface area contributed by atoms with Gasteiger partial charge in [-0.05, 0) is 56.0 Å². The molecule has 0 radical (unpaired) electrons. The molecule has 2 N–H and O–H groups in total. The van der Waals surface area contributed by atoms with Crippen LogP contribution in [0.15, 0.2) is 42.5 Å². The zero-order chi connectivity index (χ0) is 22.1. The first-order valence-corrected chi connectivity index (χ1v) is 10.3. The van der Waals surface area contributed by atoms with Crippen molar-refractivity contribution in [3.63, 3.8) is 0 Å². The van der Waals surface area contributed by atoms with Gasteiger partial charge in [-0.3, -0.25) is 14.4 Å². The van der Waals surface area contributed by atoms with Crippen molar-refractivity contribution in [3.05, 3.63) is 59.2 Å². The molecule has 0 aliphatic rings. The van der Waals surface area contributed by atoms with E-state index >= 15 is 0 Å². The Bertz CT molecular complexity index is 891. The molecule has 0 bridgehead atoms. The van der Waals surface area contributed by atoms with Crippen LogP contribution in [0.5, 0.6) is 5.75 Å². The van der Waals surface area contributed by atoms with E-state index in [4.69, 9.17) is 4.74 Å². The summed E-state index contributed by atoms with van der Waals surface area (Å²) in [6.45, 7) is 7.14. The molecule has 2 amide bonds. The van der Waals surface area contributed by atoms with E-state index in [0.717, 1.165) is 18.4 Å². The lowest BCUT2D eigenvalue weighted by atomic mass is 10.1. The number of rotatable bonds is 10. The van der Waals surface area contributed by atoms with Crippen molar-refractivity contribution in [2.75, 3.05) is 11.9 Å². The molecule has 0 aliphatic carbocycles. The molecule has 2 aromatic carbocycles. The van der Waals surface area contributed by atoms with Crippen molar-refractivity contribution in [1.29, 1.82) is 0 Å². The summed E-state index contributed by atoms with van der Waals surface area (Å²) in [6.07, 6.45) is 2.12. The number of hydrogen-bond acceptors (Lipinski definition) is 4. The van der Waals surface area contributed by atoms with Gasteiger partial charge in [-0.1, -0.05) is 38.1 Å². The minimum Gasteiger partial charge on any atom is -0.483 e. The Kier molecular flexibility index (Phi) is 8.59. The van der Waals surface area contributed by atoms with E-state index in [1.54, 1.807) is 18.2 Å². The quantitative estimate of drug-likeness (QED) is 0.567. The predicted molar refractivity (Wildman–Crippen MR) is 118 cm³/mol. The van der Waals surface area contributed by atoms with Crippen molar-refractivity contribution in [2.45, 2.75) is 53.0 Å². The Balaban J connectivity index is 1.98. The first kappa shape index (κ1) is 23.1. The molecule has 6 heteroatoms. The number of Topliss-reactive ketones (excluding diaryl/α,β-unsaturated/α-hetero) is 1. The largest absolute Gasteiger partial charge is 0.483 e. The van der Waals surface area contributed by atoms with Crippen LogP contribution >= 0.6 is 0 Å². The van der Waals surface area contributed by atoms with Crippen LogP contribution in [0.4, 0.5) is 5.69 Å². The molecule has 0 saturated carbocycles. The van der Waals surface area contributed by atoms with Crippen molar-refractivity contribution in [1.82, 2.24) is 5.32 Å². The van der Waals surface area contributed by atoms with Crippen LogP contribution in [0.3, 0.4) is 0 Å². The third-order valence-electron chi connectivity index (χ3n) is 4.74. The van der Waals surface area contributed by atoms with Gasteiger partial charge in [0.15, 0.2) is 12.4 Å². The van der Waals surface area contributed by atoms with Crippen LogP contribution in [-0.4, -0.2) is 24.2 Å². The summed E-state index contributed by atoms with van der Waals surface area (Å²) in [5, 5.41) is 5.65. The van der Waals surface area contributed by atoms with E-state index in [0.29, 0.717) is 23.4 Å². The molecule has 160 valence electrons. The molecule has 0 aliphatic heterocycles. The van der Waals surface area contributed by atoms with Crippen molar-refractivity contribution in [3.8, 4) is 5.75 Å². The Labute approximate surface area is 178 Å². The highest BCUT2D eigenvalue weighted by Gasteiger charge is 2.14. The summed E-state index contributed by atoms with van der Waals surface area (Å²) in [5.74, 6) is -0.287. The normalized spacial score (nSPS) is 11.5. The standard InChI is InChI=1S/C24H30N2O4/c1-5-7-23(28)26-20-12-13-22(21(14-20)17(4)27)30-15-24(29)25-16(3)19-10-8-18(6-2)9-11-19/h8-14,16H,5-7,15H2,1-4H3,(H,25,29)(H,26,28). The van der Waals surface area contributed by atoms with Gasteiger partial charge in [-0.25, -0.2) is 0 Å². The number of amides is 2. The van der Waals surface area contributed by atoms with Crippen LogP contribution in [-0.2, 0) is 16.0 Å². The molecular formula is C24H30N2O4. The minimum atomic E-state index is -0.281. The lowest BCUT2D eigenvalue weighted by Gasteiger charge is -2.16. The number of hydrogen-bond donors (Lipinski definition) is 2. The summed E-state index contributed by atoms with van der Waals surface area (Å²) in [7, 11) is 0. The molecule has 0 spiro atoms. The molecule has 6 nitrogen and oxygen atoms in total. The molecular weight excluding hydrogens is 380 g/mol. The smallest absolute Gasteiger partial charge is 0.258 e. The first-order chi connectivity index (χ1) is 14.3. The van der Waals surface area contributed by atoms with Crippen molar-refractivity contribution in [2.24, 2.45) is 0 Å². The predicted octanol–water partition coefficient (Wildman–Crippen LogP) is 4.45. The van der Waals surface area contributed by atoms with Crippen molar-refractivity contribution >= 4 is 23.3 Å². The molecule has 1 atom stereocenters. The average Bonchev–Trinajstić information content (AvgIpc) is 2.72. The van der Waals surface area contributed by atoms with Gasteiger partial charge in [0.25, 0.3) is 5.91 Å². The van der Waals surface area contributed by atoms with Gasteiger partial charge in [0.05, 0.1) is 11.6 Å². The molecule has 0 fully saturated rings. The van der Waals surface area contributed by atoms with E-state index in [9.17, 15) is 14.4 Å². The van der Waals surface area contributed by atoms with Gasteiger partial charge < -0.3 is 15.4 Å². The lowest BCUT2D eigenvalue weighted by molar-refractivity contribution is -0.123. The number of anilines is 1. The zero-order valence-electron chi connectivity index (χ0n) is 18.1. The SMILES string of the molecule is CCCC(=O)Nc1ccc(OCC(=O)NC(C)c2ccc(CC)cc2)c(C(C)=O)c1. The van der Waals surface area contributed by atoms with E-state index in [2.05, 4.69) is 29.7 Å². The van der Waals surface area contributed by atoms with Gasteiger partial charge in [0, 0.05) is 12.1 Å². The second-order valence-corrected chi connectivity index (χ2v) is 7.24. The fraction of sp³-hybridized carbons (Fsp3) is 0.375. The number of benzene rings is 2. The average molecular weight is 411 g/mol. The number of ketones is 1. The Hall–Kier alpha value is -3.15. The van der Waals surface area contributed by atoms with Crippen LogP contribution in [0.1, 0.15) is 68.1 Å². The third kappa shape index (κ3) is 6.72. The van der Waals surface area contributed by atoms with E-state index in [1.165, 1.54) is 12.5 Å². The molecule has 2 aromatic rings. The van der Waals surface area contributed by atoms with Gasteiger partial charge in [-0.2, -0.15) is 0 Å². The topological polar surface area (TPSA) is 84.5 Å². The number of nitrogens with one attached hydrogen (secondary N) is 2. The summed E-state index contributed by atoms with van der Waals surface area (Å²) >= 11 is 0. The van der Waals surface area contributed by atoms with E-state index in [-0.39, 0.29) is 30.2 Å². The van der Waals surface area contributed by atoms with Gasteiger partial charge in [0.2, 0.25) is 5.91 Å². The fourth-order valence-corrected chi connectivity index (χ4v) is 3.01. The van der Waals surface area contributed by atoms with Crippen LogP contribution in [0.2, 0.25) is 0 Å². The lowest BCUT2D eigenvalue weighted by Crippen LogP contribution is -2.31. The van der Waals surface area contributed by atoms with E-state index < -0.39 is 0 Å². The maximum Gasteiger partial charge on any atom is 0.258 e. The second-order valence-electron chi connectivity index (χ2n) is 7.24. The molecule has 30 heavy (non-hydrogen) atoms. The van der Waals surface area contributed by atoms with Gasteiger partial charge >= 0.3 is 0 Å². The Morgan fingerprint density at radius 1 is 1.00 bits per heavy atom. The number of aryl methyl sites for hydroxylation is 1. The highest BCUT2D eigenvalue weighted by molar-refractivity contribution is 5.99. The van der Waals surface area contributed by atoms with Crippen LogP contribution < -0.4 is 15.4 Å². The van der Waals surface area contributed by atoms with Gasteiger partial charge in [-0.15, -0.1) is 0 Å². The van der Waals surface area contributed by atoms with E-state index in [1.807, 2.05) is 26.0 Å². The van der Waals surface area contributed by atoms with Crippen molar-refractivity contribution < 1.29 is 19.1 Å². The summed E-state index contributed by atoms with van der Waals surface area (Å²) < 4.78 is 5.60.